The summed E-state index contributed by atoms with van der Waals surface area (Å²) in [6.07, 6.45) is 1.51. The van der Waals surface area contributed by atoms with E-state index in [0.717, 1.165) is 24.2 Å². The highest BCUT2D eigenvalue weighted by atomic mass is 79.9. The van der Waals surface area contributed by atoms with Crippen LogP contribution in [0.4, 0.5) is 5.95 Å². The monoisotopic (exact) mass is 368 g/mol. The van der Waals surface area contributed by atoms with E-state index in [9.17, 15) is 4.79 Å². The fourth-order valence-corrected chi connectivity index (χ4v) is 2.70. The molecule has 0 spiro atoms. The number of nitrogens with one attached hydrogen (secondary N) is 1. The Balaban J connectivity index is 2.23. The van der Waals surface area contributed by atoms with Crippen LogP contribution in [0.5, 0.6) is 0 Å². The van der Waals surface area contributed by atoms with Gasteiger partial charge in [0, 0.05) is 9.50 Å². The molecule has 2 rings (SSSR count). The van der Waals surface area contributed by atoms with Gasteiger partial charge in [0.05, 0.1) is 17.0 Å². The summed E-state index contributed by atoms with van der Waals surface area (Å²) in [4.78, 5) is 16.5. The van der Waals surface area contributed by atoms with Crippen molar-refractivity contribution < 1.29 is 4.79 Å². The number of hydrogen-bond acceptors (Lipinski definition) is 4. The minimum absolute atomic E-state index is 0.205. The van der Waals surface area contributed by atoms with E-state index in [2.05, 4.69) is 36.4 Å². The van der Waals surface area contributed by atoms with Crippen LogP contribution in [0.2, 0.25) is 5.02 Å². The van der Waals surface area contributed by atoms with Crippen molar-refractivity contribution in [1.82, 2.24) is 15.2 Å². The summed E-state index contributed by atoms with van der Waals surface area (Å²) in [6, 6.07) is 4.95. The number of benzene rings is 1. The maximum Gasteiger partial charge on any atom is 0.259 e. The van der Waals surface area contributed by atoms with Gasteiger partial charge >= 0.3 is 0 Å². The molecule has 1 amide bonds. The van der Waals surface area contributed by atoms with E-state index in [-0.39, 0.29) is 11.9 Å². The van der Waals surface area contributed by atoms with Crippen molar-refractivity contribution in [3.8, 4) is 0 Å². The molecule has 0 unspecified atom stereocenters. The molecule has 0 aliphatic carbocycles. The number of rotatable bonds is 4. The number of nitrogens with zero attached hydrogens (tertiary/aromatic N) is 3. The fourth-order valence-electron chi connectivity index (χ4n) is 1.83. The van der Waals surface area contributed by atoms with Crippen LogP contribution in [-0.4, -0.2) is 21.1 Å². The average Bonchev–Trinajstić information content (AvgIpc) is 2.46. The molecule has 1 heterocycles. The summed E-state index contributed by atoms with van der Waals surface area (Å²) in [5.41, 5.74) is 2.15. The zero-order chi connectivity index (χ0) is 15.4. The molecule has 0 aliphatic heterocycles. The first kappa shape index (κ1) is 15.9. The average molecular weight is 370 g/mol. The Morgan fingerprint density at radius 3 is 2.57 bits per heavy atom. The molecule has 0 atom stereocenters. The summed E-state index contributed by atoms with van der Waals surface area (Å²) < 4.78 is 0.612. The van der Waals surface area contributed by atoms with Crippen molar-refractivity contribution >= 4 is 39.4 Å². The molecule has 1 aromatic carbocycles. The van der Waals surface area contributed by atoms with E-state index in [4.69, 9.17) is 11.6 Å². The number of halogens is 2. The Kier molecular flexibility index (Phi) is 5.25. The van der Waals surface area contributed by atoms with Gasteiger partial charge in [-0.3, -0.25) is 10.1 Å². The van der Waals surface area contributed by atoms with Gasteiger partial charge in [-0.2, -0.15) is 0 Å². The Labute approximate surface area is 136 Å². The van der Waals surface area contributed by atoms with Gasteiger partial charge in [-0.1, -0.05) is 25.4 Å². The Hall–Kier alpha value is -1.53. The van der Waals surface area contributed by atoms with E-state index in [1.54, 1.807) is 18.2 Å². The molecule has 0 saturated carbocycles. The molecule has 1 N–H and O–H groups in total. The SMILES string of the molecule is CCc1nnc(NC(=O)c2ccc(Cl)cc2Br)nc1CC. The maximum absolute atomic E-state index is 12.2. The summed E-state index contributed by atoms with van der Waals surface area (Å²) in [5.74, 6) is -0.109. The third-order valence-corrected chi connectivity index (χ3v) is 3.80. The molecule has 7 heteroatoms. The van der Waals surface area contributed by atoms with Crippen molar-refractivity contribution in [1.29, 1.82) is 0 Å². The lowest BCUT2D eigenvalue weighted by Gasteiger charge is -2.08. The molecule has 0 aliphatic rings. The second-order valence-corrected chi connectivity index (χ2v) is 5.60. The topological polar surface area (TPSA) is 67.8 Å². The van der Waals surface area contributed by atoms with Gasteiger partial charge in [-0.05, 0) is 47.0 Å². The predicted octanol–water partition coefficient (Wildman–Crippen LogP) is 3.66. The zero-order valence-corrected chi connectivity index (χ0v) is 14.0. The number of hydrogen-bond donors (Lipinski definition) is 1. The third kappa shape index (κ3) is 3.77. The Morgan fingerprint density at radius 2 is 1.95 bits per heavy atom. The molecule has 21 heavy (non-hydrogen) atoms. The highest BCUT2D eigenvalue weighted by Gasteiger charge is 2.13. The summed E-state index contributed by atoms with van der Waals surface area (Å²) >= 11 is 9.17. The molecule has 0 saturated heterocycles. The number of carbonyl (C=O) groups is 1. The number of carbonyl (C=O) groups excluding carboxylic acids is 1. The van der Waals surface area contributed by atoms with Gasteiger partial charge in [0.15, 0.2) is 0 Å². The second-order valence-electron chi connectivity index (χ2n) is 4.31. The quantitative estimate of drug-likeness (QED) is 0.893. The van der Waals surface area contributed by atoms with Crippen LogP contribution in [0.3, 0.4) is 0 Å². The van der Waals surface area contributed by atoms with Crippen LogP contribution in [0.1, 0.15) is 35.6 Å². The smallest absolute Gasteiger partial charge is 0.259 e. The number of amides is 1. The van der Waals surface area contributed by atoms with Gasteiger partial charge in [0.2, 0.25) is 5.95 Å². The summed E-state index contributed by atoms with van der Waals surface area (Å²) in [5, 5.41) is 11.2. The van der Waals surface area contributed by atoms with Crippen molar-refractivity contribution in [2.75, 3.05) is 5.32 Å². The molecular weight excluding hydrogens is 356 g/mol. The van der Waals surface area contributed by atoms with Crippen LogP contribution in [0.25, 0.3) is 0 Å². The molecule has 1 aromatic heterocycles. The first-order valence-corrected chi connectivity index (χ1v) is 7.71. The normalized spacial score (nSPS) is 10.5. The summed E-state index contributed by atoms with van der Waals surface area (Å²) in [6.45, 7) is 3.98. The van der Waals surface area contributed by atoms with Crippen LogP contribution in [-0.2, 0) is 12.8 Å². The number of aryl methyl sites for hydroxylation is 2. The molecular formula is C14H14BrClN4O. The minimum atomic E-state index is -0.313. The first-order valence-electron chi connectivity index (χ1n) is 6.54. The highest BCUT2D eigenvalue weighted by molar-refractivity contribution is 9.10. The molecule has 0 radical (unpaired) electrons. The van der Waals surface area contributed by atoms with Crippen molar-refractivity contribution in [2.24, 2.45) is 0 Å². The lowest BCUT2D eigenvalue weighted by atomic mass is 10.2. The third-order valence-electron chi connectivity index (χ3n) is 2.91. The molecule has 0 bridgehead atoms. The van der Waals surface area contributed by atoms with Crippen molar-refractivity contribution in [2.45, 2.75) is 26.7 Å². The Morgan fingerprint density at radius 1 is 1.24 bits per heavy atom. The van der Waals surface area contributed by atoms with Gasteiger partial charge in [-0.15, -0.1) is 10.2 Å². The van der Waals surface area contributed by atoms with E-state index in [1.165, 1.54) is 0 Å². The van der Waals surface area contributed by atoms with E-state index in [1.807, 2.05) is 13.8 Å². The van der Waals surface area contributed by atoms with Crippen LogP contribution in [0.15, 0.2) is 22.7 Å². The van der Waals surface area contributed by atoms with E-state index < -0.39 is 0 Å². The van der Waals surface area contributed by atoms with E-state index in [0.29, 0.717) is 15.1 Å². The maximum atomic E-state index is 12.2. The van der Waals surface area contributed by atoms with E-state index >= 15 is 0 Å². The zero-order valence-electron chi connectivity index (χ0n) is 11.7. The first-order chi connectivity index (χ1) is 10.0. The molecule has 5 nitrogen and oxygen atoms in total. The second kappa shape index (κ2) is 6.95. The van der Waals surface area contributed by atoms with Gasteiger partial charge in [0.1, 0.15) is 0 Å². The van der Waals surface area contributed by atoms with Gasteiger partial charge in [-0.25, -0.2) is 4.98 Å². The number of anilines is 1. The predicted molar refractivity (Wildman–Crippen MR) is 85.7 cm³/mol. The molecule has 2 aromatic rings. The molecule has 110 valence electrons. The highest BCUT2D eigenvalue weighted by Crippen LogP contribution is 2.22. The van der Waals surface area contributed by atoms with Crippen LogP contribution >= 0.6 is 27.5 Å². The molecule has 0 fully saturated rings. The Bertz CT molecular complexity index is 678. The summed E-state index contributed by atoms with van der Waals surface area (Å²) in [7, 11) is 0. The number of aromatic nitrogens is 3. The van der Waals surface area contributed by atoms with Crippen molar-refractivity contribution in [3.63, 3.8) is 0 Å². The van der Waals surface area contributed by atoms with Crippen LogP contribution in [0, 0.1) is 0 Å². The van der Waals surface area contributed by atoms with Crippen molar-refractivity contribution in [3.05, 3.63) is 44.6 Å². The van der Waals surface area contributed by atoms with Crippen LogP contribution < -0.4 is 5.32 Å². The van der Waals surface area contributed by atoms with Gasteiger partial charge < -0.3 is 0 Å². The van der Waals surface area contributed by atoms with Gasteiger partial charge in [0.25, 0.3) is 5.91 Å². The fraction of sp³-hybridized carbons (Fsp3) is 0.286. The lowest BCUT2D eigenvalue weighted by Crippen LogP contribution is -2.17. The largest absolute Gasteiger partial charge is 0.289 e. The lowest BCUT2D eigenvalue weighted by molar-refractivity contribution is 0.102. The standard InChI is InChI=1S/C14H14BrClN4O/c1-3-11-12(4-2)19-20-14(17-11)18-13(21)9-6-5-8(16)7-10(9)15/h5-7H,3-4H2,1-2H3,(H,17,18,20,21). The minimum Gasteiger partial charge on any atom is -0.289 e.